The molecule has 0 aliphatic heterocycles. The first-order valence-electron chi connectivity index (χ1n) is 8.62. The smallest absolute Gasteiger partial charge is 0.298 e. The third kappa shape index (κ3) is 2.96. The summed E-state index contributed by atoms with van der Waals surface area (Å²) < 4.78 is 19.1. The third-order valence-electron chi connectivity index (χ3n) is 4.53. The third-order valence-corrected chi connectivity index (χ3v) is 4.53. The van der Waals surface area contributed by atoms with Gasteiger partial charge in [0.05, 0.1) is 32.7 Å². The van der Waals surface area contributed by atoms with Gasteiger partial charge in [-0.25, -0.2) is 4.98 Å². The number of methoxy groups -OCH3 is 3. The molecule has 0 unspecified atom stereocenters. The fourth-order valence-corrected chi connectivity index (χ4v) is 3.08. The summed E-state index contributed by atoms with van der Waals surface area (Å²) in [6.45, 7) is 0. The number of aromatic nitrogens is 3. The predicted molar refractivity (Wildman–Crippen MR) is 106 cm³/mol. The second kappa shape index (κ2) is 7.11. The molecule has 0 aliphatic rings. The van der Waals surface area contributed by atoms with Crippen molar-refractivity contribution in [1.82, 2.24) is 14.0 Å². The second-order valence-corrected chi connectivity index (χ2v) is 6.10. The van der Waals surface area contributed by atoms with Gasteiger partial charge in [0, 0.05) is 30.2 Å². The predicted octanol–water partition coefficient (Wildman–Crippen LogP) is 3.18. The van der Waals surface area contributed by atoms with Gasteiger partial charge in [0.15, 0.2) is 11.5 Å². The molecule has 28 heavy (non-hydrogen) atoms. The lowest BCUT2D eigenvalue weighted by molar-refractivity contribution is 0.355. The van der Waals surface area contributed by atoms with E-state index in [2.05, 4.69) is 4.98 Å². The van der Waals surface area contributed by atoms with Crippen molar-refractivity contribution in [2.24, 2.45) is 0 Å². The number of nitrogens with zero attached hydrogens (tertiary/aromatic N) is 3. The average molecular weight is 377 g/mol. The number of benzene rings is 2. The first kappa shape index (κ1) is 17.7. The van der Waals surface area contributed by atoms with Crippen molar-refractivity contribution in [2.45, 2.75) is 0 Å². The number of imidazole rings is 1. The van der Waals surface area contributed by atoms with E-state index in [1.54, 1.807) is 48.8 Å². The van der Waals surface area contributed by atoms with E-state index in [9.17, 15) is 4.79 Å². The molecule has 2 aromatic carbocycles. The van der Waals surface area contributed by atoms with E-state index >= 15 is 0 Å². The zero-order valence-electron chi connectivity index (χ0n) is 15.7. The quantitative estimate of drug-likeness (QED) is 0.534. The van der Waals surface area contributed by atoms with Crippen molar-refractivity contribution in [2.75, 3.05) is 21.3 Å². The van der Waals surface area contributed by atoms with Gasteiger partial charge >= 0.3 is 0 Å². The van der Waals surface area contributed by atoms with Gasteiger partial charge in [-0.1, -0.05) is 6.07 Å². The maximum absolute atomic E-state index is 13.0. The molecule has 0 fully saturated rings. The van der Waals surface area contributed by atoms with Gasteiger partial charge in [0.1, 0.15) is 5.75 Å². The van der Waals surface area contributed by atoms with Crippen LogP contribution in [0.3, 0.4) is 0 Å². The van der Waals surface area contributed by atoms with Crippen LogP contribution in [0.15, 0.2) is 65.8 Å². The Labute approximate surface area is 161 Å². The van der Waals surface area contributed by atoms with Gasteiger partial charge in [0.25, 0.3) is 5.56 Å². The molecule has 4 rings (SSSR count). The van der Waals surface area contributed by atoms with Crippen LogP contribution >= 0.6 is 0 Å². The molecule has 0 atom stereocenters. The molecule has 0 radical (unpaired) electrons. The summed E-state index contributed by atoms with van der Waals surface area (Å²) in [7, 11) is 4.76. The molecule has 0 aliphatic carbocycles. The zero-order valence-corrected chi connectivity index (χ0v) is 15.7. The molecule has 0 saturated heterocycles. The number of ether oxygens (including phenoxy) is 3. The highest BCUT2D eigenvalue weighted by Gasteiger charge is 2.13. The van der Waals surface area contributed by atoms with E-state index in [4.69, 9.17) is 14.2 Å². The molecule has 0 N–H and O–H groups in total. The van der Waals surface area contributed by atoms with Crippen LogP contribution in [0.25, 0.3) is 22.6 Å². The van der Waals surface area contributed by atoms with Crippen LogP contribution in [-0.4, -0.2) is 35.3 Å². The molecule has 7 heteroatoms. The summed E-state index contributed by atoms with van der Waals surface area (Å²) in [6.07, 6.45) is 5.32. The molecule has 2 aromatic heterocycles. The Morgan fingerprint density at radius 3 is 2.46 bits per heavy atom. The number of fused-ring (bicyclic) bond motifs is 1. The van der Waals surface area contributed by atoms with Crippen molar-refractivity contribution in [3.63, 3.8) is 0 Å². The molecule has 2 heterocycles. The topological polar surface area (TPSA) is 67.0 Å². The van der Waals surface area contributed by atoms with E-state index < -0.39 is 0 Å². The van der Waals surface area contributed by atoms with E-state index in [-0.39, 0.29) is 5.56 Å². The molecular weight excluding hydrogens is 358 g/mol. The Balaban J connectivity index is 1.82. The van der Waals surface area contributed by atoms with Crippen molar-refractivity contribution in [3.8, 4) is 34.2 Å². The highest BCUT2D eigenvalue weighted by atomic mass is 16.5. The van der Waals surface area contributed by atoms with E-state index in [0.717, 1.165) is 5.56 Å². The molecule has 0 bridgehead atoms. The monoisotopic (exact) mass is 377 g/mol. The summed E-state index contributed by atoms with van der Waals surface area (Å²) in [6, 6.07) is 12.8. The van der Waals surface area contributed by atoms with Crippen LogP contribution in [0.4, 0.5) is 0 Å². The Hall–Kier alpha value is -3.74. The number of rotatable bonds is 5. The molecule has 0 spiro atoms. The summed E-state index contributed by atoms with van der Waals surface area (Å²) in [5.74, 6) is 1.92. The van der Waals surface area contributed by atoms with Gasteiger partial charge in [0.2, 0.25) is 5.65 Å². The van der Waals surface area contributed by atoms with E-state index in [1.165, 1.54) is 0 Å². The van der Waals surface area contributed by atoms with E-state index in [0.29, 0.717) is 34.3 Å². The lowest BCUT2D eigenvalue weighted by atomic mass is 10.1. The van der Waals surface area contributed by atoms with Crippen molar-refractivity contribution >= 4 is 5.65 Å². The molecule has 7 nitrogen and oxygen atoms in total. The Morgan fingerprint density at radius 1 is 0.893 bits per heavy atom. The van der Waals surface area contributed by atoms with Gasteiger partial charge in [-0.05, 0) is 30.3 Å². The lowest BCUT2D eigenvalue weighted by Gasteiger charge is -2.08. The fourth-order valence-electron chi connectivity index (χ4n) is 3.08. The SMILES string of the molecule is COc1cccc(-n2ccn3cc(-c4ccc(OC)c(OC)c4)nc3c2=O)c1. The Bertz CT molecular complexity index is 1210. The van der Waals surface area contributed by atoms with Crippen LogP contribution in [0.5, 0.6) is 17.2 Å². The highest BCUT2D eigenvalue weighted by Crippen LogP contribution is 2.31. The van der Waals surface area contributed by atoms with Gasteiger partial charge < -0.3 is 18.6 Å². The largest absolute Gasteiger partial charge is 0.497 e. The van der Waals surface area contributed by atoms with Crippen LogP contribution in [0.1, 0.15) is 0 Å². The van der Waals surface area contributed by atoms with E-state index in [1.807, 2.05) is 42.6 Å². The van der Waals surface area contributed by atoms with Crippen molar-refractivity contribution < 1.29 is 14.2 Å². The Kier molecular flexibility index (Phi) is 4.49. The van der Waals surface area contributed by atoms with Gasteiger partial charge in [-0.3, -0.25) is 9.36 Å². The minimum absolute atomic E-state index is 0.220. The van der Waals surface area contributed by atoms with Crippen LogP contribution < -0.4 is 19.8 Å². The number of hydrogen-bond acceptors (Lipinski definition) is 5. The van der Waals surface area contributed by atoms with Crippen LogP contribution in [-0.2, 0) is 0 Å². The normalized spacial score (nSPS) is 10.8. The summed E-state index contributed by atoms with van der Waals surface area (Å²) in [5, 5.41) is 0. The van der Waals surface area contributed by atoms with Gasteiger partial charge in [-0.15, -0.1) is 0 Å². The van der Waals surface area contributed by atoms with Crippen molar-refractivity contribution in [3.05, 3.63) is 71.4 Å². The van der Waals surface area contributed by atoms with Gasteiger partial charge in [-0.2, -0.15) is 0 Å². The summed E-state index contributed by atoms with van der Waals surface area (Å²) in [4.78, 5) is 17.5. The maximum Gasteiger partial charge on any atom is 0.298 e. The minimum Gasteiger partial charge on any atom is -0.497 e. The average Bonchev–Trinajstić information content (AvgIpc) is 3.19. The minimum atomic E-state index is -0.220. The molecule has 142 valence electrons. The van der Waals surface area contributed by atoms with Crippen molar-refractivity contribution in [1.29, 1.82) is 0 Å². The fraction of sp³-hybridized carbons (Fsp3) is 0.143. The molecular formula is C21H19N3O4. The number of hydrogen-bond donors (Lipinski definition) is 0. The van der Waals surface area contributed by atoms with Crippen LogP contribution in [0, 0.1) is 0 Å². The highest BCUT2D eigenvalue weighted by molar-refractivity contribution is 5.66. The maximum atomic E-state index is 13.0. The summed E-state index contributed by atoms with van der Waals surface area (Å²) in [5.41, 5.74) is 2.32. The zero-order chi connectivity index (χ0) is 19.7. The molecule has 0 amide bonds. The first-order valence-corrected chi connectivity index (χ1v) is 8.62. The molecule has 4 aromatic rings. The standard InChI is InChI=1S/C21H19N3O4/c1-26-16-6-4-5-15(12-16)24-10-9-23-13-17(22-20(23)21(24)25)14-7-8-18(27-2)19(11-14)28-3/h4-13H,1-3H3. The first-order chi connectivity index (χ1) is 13.6. The lowest BCUT2D eigenvalue weighted by Crippen LogP contribution is -2.19. The molecule has 0 saturated carbocycles. The second-order valence-electron chi connectivity index (χ2n) is 6.10. The Morgan fingerprint density at radius 2 is 1.71 bits per heavy atom. The van der Waals surface area contributed by atoms with Crippen LogP contribution in [0.2, 0.25) is 0 Å². The summed E-state index contributed by atoms with van der Waals surface area (Å²) >= 11 is 0.